The number of ether oxygens (including phenoxy) is 1. The molecule has 0 bridgehead atoms. The van der Waals surface area contributed by atoms with E-state index in [1.165, 1.54) is 10.9 Å². The summed E-state index contributed by atoms with van der Waals surface area (Å²) in [6.07, 6.45) is -1.85. The third-order valence-corrected chi connectivity index (χ3v) is 4.10. The lowest BCUT2D eigenvalue weighted by Crippen LogP contribution is -2.32. The molecule has 1 fully saturated rings. The lowest BCUT2D eigenvalue weighted by Gasteiger charge is -2.16. The van der Waals surface area contributed by atoms with E-state index in [-0.39, 0.29) is 11.8 Å². The summed E-state index contributed by atoms with van der Waals surface area (Å²) in [4.78, 5) is 12.0. The van der Waals surface area contributed by atoms with Crippen molar-refractivity contribution in [1.82, 2.24) is 19.5 Å². The fourth-order valence-corrected chi connectivity index (χ4v) is 2.96. The van der Waals surface area contributed by atoms with Crippen LogP contribution in [0.1, 0.15) is 6.23 Å². The Balaban J connectivity index is 2.07. The van der Waals surface area contributed by atoms with E-state index in [0.29, 0.717) is 15.6 Å². The first kappa shape index (κ1) is 13.7. The number of nitrogen functional groups attached to an aromatic ring is 2. The van der Waals surface area contributed by atoms with E-state index in [9.17, 15) is 10.2 Å². The molecule has 20 heavy (non-hydrogen) atoms. The van der Waals surface area contributed by atoms with Gasteiger partial charge in [0.15, 0.2) is 17.7 Å². The van der Waals surface area contributed by atoms with Crippen LogP contribution in [0.25, 0.3) is 11.2 Å². The van der Waals surface area contributed by atoms with Crippen LogP contribution in [-0.4, -0.2) is 52.5 Å². The number of nitrogens with two attached hydrogens (primary N) is 2. The summed E-state index contributed by atoms with van der Waals surface area (Å²) in [6.45, 7) is 0. The highest BCUT2D eigenvalue weighted by molar-refractivity contribution is 14.1. The fourth-order valence-electron chi connectivity index (χ4n) is 2.23. The highest BCUT2D eigenvalue weighted by Gasteiger charge is 2.43. The number of imidazole rings is 1. The highest BCUT2D eigenvalue weighted by Crippen LogP contribution is 2.32. The Hall–Kier alpha value is -1.24. The number of halogens is 1. The van der Waals surface area contributed by atoms with Gasteiger partial charge in [-0.25, -0.2) is 4.98 Å². The first-order valence-corrected chi connectivity index (χ1v) is 7.38. The van der Waals surface area contributed by atoms with Crippen molar-refractivity contribution in [2.45, 2.75) is 24.5 Å². The molecule has 0 unspecified atom stereocenters. The minimum atomic E-state index is -1.08. The molecule has 6 N–H and O–H groups in total. The predicted octanol–water partition coefficient (Wildman–Crippen LogP) is -0.955. The lowest BCUT2D eigenvalue weighted by atomic mass is 10.1. The van der Waals surface area contributed by atoms with Gasteiger partial charge in [-0.15, -0.1) is 0 Å². The molecule has 10 heteroatoms. The number of hydrogen-bond donors (Lipinski definition) is 4. The molecule has 0 aromatic carbocycles. The normalized spacial score (nSPS) is 30.1. The topological polar surface area (TPSA) is 145 Å². The minimum absolute atomic E-state index is 0.00947. The van der Waals surface area contributed by atoms with E-state index < -0.39 is 24.5 Å². The highest BCUT2D eigenvalue weighted by atomic mass is 127. The Morgan fingerprint density at radius 2 is 2.05 bits per heavy atom. The van der Waals surface area contributed by atoms with Gasteiger partial charge in [-0.1, -0.05) is 22.6 Å². The first-order valence-electron chi connectivity index (χ1n) is 5.86. The zero-order valence-corrected chi connectivity index (χ0v) is 12.4. The molecule has 4 atom stereocenters. The third-order valence-electron chi connectivity index (χ3n) is 3.23. The maximum atomic E-state index is 10.1. The standard InChI is InChI=1S/C10H13IN6O3/c11-1-3-5(18)6(19)9(20-3)17-2-14-4-7(12)15-10(13)16-8(4)17/h2-3,5-6,9,18-19H,1H2,(H4,12,13,15,16)/t3-,5-,6-,9-/m1/s1. The molecule has 1 aliphatic rings. The van der Waals surface area contributed by atoms with E-state index >= 15 is 0 Å². The molecule has 0 radical (unpaired) electrons. The van der Waals surface area contributed by atoms with Crippen LogP contribution < -0.4 is 11.5 Å². The van der Waals surface area contributed by atoms with Gasteiger partial charge < -0.3 is 26.4 Å². The van der Waals surface area contributed by atoms with Crippen molar-refractivity contribution in [2.24, 2.45) is 0 Å². The summed E-state index contributed by atoms with van der Waals surface area (Å²) in [5, 5.41) is 20.0. The molecule has 3 heterocycles. The quantitative estimate of drug-likeness (QED) is 0.378. The first-order chi connectivity index (χ1) is 9.52. The molecule has 0 saturated carbocycles. The number of anilines is 2. The Labute approximate surface area is 127 Å². The second-order valence-corrected chi connectivity index (χ2v) is 5.37. The Kier molecular flexibility index (Phi) is 3.40. The second-order valence-electron chi connectivity index (χ2n) is 4.49. The zero-order valence-electron chi connectivity index (χ0n) is 10.2. The van der Waals surface area contributed by atoms with Gasteiger partial charge in [-0.2, -0.15) is 9.97 Å². The van der Waals surface area contributed by atoms with E-state index in [1.54, 1.807) is 0 Å². The molecule has 2 aromatic rings. The van der Waals surface area contributed by atoms with Crippen LogP contribution in [0.2, 0.25) is 0 Å². The Bertz CT molecular complexity index is 649. The van der Waals surface area contributed by atoms with Crippen LogP contribution >= 0.6 is 22.6 Å². The van der Waals surface area contributed by atoms with Crippen molar-refractivity contribution in [3.63, 3.8) is 0 Å². The summed E-state index contributed by atoms with van der Waals surface area (Å²) in [7, 11) is 0. The van der Waals surface area contributed by atoms with Gasteiger partial charge in [-0.05, 0) is 0 Å². The minimum Gasteiger partial charge on any atom is -0.387 e. The van der Waals surface area contributed by atoms with Crippen molar-refractivity contribution in [2.75, 3.05) is 15.9 Å². The largest absolute Gasteiger partial charge is 0.387 e. The molecular formula is C10H13IN6O3. The number of rotatable bonds is 2. The molecule has 0 spiro atoms. The number of aliphatic hydroxyl groups is 2. The van der Waals surface area contributed by atoms with E-state index in [1.807, 2.05) is 0 Å². The van der Waals surface area contributed by atoms with Crippen LogP contribution in [0, 0.1) is 0 Å². The number of aromatic nitrogens is 4. The average Bonchev–Trinajstić information content (AvgIpc) is 2.93. The molecule has 1 saturated heterocycles. The molecule has 0 amide bonds. The summed E-state index contributed by atoms with van der Waals surface area (Å²) >= 11 is 2.08. The second kappa shape index (κ2) is 4.95. The molecule has 0 aliphatic carbocycles. The molecule has 2 aromatic heterocycles. The van der Waals surface area contributed by atoms with Crippen molar-refractivity contribution in [1.29, 1.82) is 0 Å². The monoisotopic (exact) mass is 392 g/mol. The number of nitrogens with zero attached hydrogens (tertiary/aromatic N) is 4. The maximum absolute atomic E-state index is 10.1. The van der Waals surface area contributed by atoms with Crippen LogP contribution in [0.15, 0.2) is 6.33 Å². The fraction of sp³-hybridized carbons (Fsp3) is 0.500. The number of alkyl halides is 1. The number of aliphatic hydroxyl groups excluding tert-OH is 2. The van der Waals surface area contributed by atoms with Gasteiger partial charge in [-0.3, -0.25) is 4.57 Å². The Morgan fingerprint density at radius 1 is 1.30 bits per heavy atom. The van der Waals surface area contributed by atoms with Crippen LogP contribution in [-0.2, 0) is 4.74 Å². The van der Waals surface area contributed by atoms with E-state index in [4.69, 9.17) is 16.2 Å². The van der Waals surface area contributed by atoms with Gasteiger partial charge in [0.05, 0.1) is 12.4 Å². The van der Waals surface area contributed by atoms with Crippen molar-refractivity contribution in [3.8, 4) is 0 Å². The zero-order chi connectivity index (χ0) is 14.4. The summed E-state index contributed by atoms with van der Waals surface area (Å²) in [6, 6.07) is 0. The van der Waals surface area contributed by atoms with Gasteiger partial charge in [0.25, 0.3) is 0 Å². The van der Waals surface area contributed by atoms with Crippen LogP contribution in [0.5, 0.6) is 0 Å². The van der Waals surface area contributed by atoms with E-state index in [2.05, 4.69) is 37.5 Å². The maximum Gasteiger partial charge on any atom is 0.224 e. The van der Waals surface area contributed by atoms with Crippen LogP contribution in [0.4, 0.5) is 11.8 Å². The summed E-state index contributed by atoms with van der Waals surface area (Å²) < 4.78 is 7.70. The van der Waals surface area contributed by atoms with Gasteiger partial charge in [0.2, 0.25) is 5.95 Å². The lowest BCUT2D eigenvalue weighted by molar-refractivity contribution is -0.0283. The average molecular weight is 392 g/mol. The Morgan fingerprint density at radius 3 is 2.70 bits per heavy atom. The smallest absolute Gasteiger partial charge is 0.224 e. The van der Waals surface area contributed by atoms with E-state index in [0.717, 1.165) is 0 Å². The number of hydrogen-bond acceptors (Lipinski definition) is 8. The molecule has 9 nitrogen and oxygen atoms in total. The summed E-state index contributed by atoms with van der Waals surface area (Å²) in [5.74, 6) is 0.167. The molecule has 3 rings (SSSR count). The molecule has 108 valence electrons. The number of fused-ring (bicyclic) bond motifs is 1. The SMILES string of the molecule is Nc1nc(N)c2ncn([C@@H]3O[C@H](CI)[C@@H](O)[C@H]3O)c2n1. The van der Waals surface area contributed by atoms with Crippen molar-refractivity contribution in [3.05, 3.63) is 6.33 Å². The van der Waals surface area contributed by atoms with Crippen LogP contribution in [0.3, 0.4) is 0 Å². The molecule has 1 aliphatic heterocycles. The van der Waals surface area contributed by atoms with Crippen molar-refractivity contribution >= 4 is 45.5 Å². The van der Waals surface area contributed by atoms with Gasteiger partial charge in [0.1, 0.15) is 17.7 Å². The molecular weight excluding hydrogens is 379 g/mol. The van der Waals surface area contributed by atoms with Gasteiger partial charge >= 0.3 is 0 Å². The van der Waals surface area contributed by atoms with Crippen molar-refractivity contribution < 1.29 is 14.9 Å². The third kappa shape index (κ3) is 1.99. The van der Waals surface area contributed by atoms with Gasteiger partial charge in [0, 0.05) is 4.43 Å². The summed E-state index contributed by atoms with van der Waals surface area (Å²) in [5.41, 5.74) is 12.0. The predicted molar refractivity (Wildman–Crippen MR) is 79.0 cm³/mol.